The number of carboxylic acids is 2. The van der Waals surface area contributed by atoms with E-state index in [4.69, 9.17) is 0 Å². The molecule has 2 bridgehead atoms. The molecule has 3 aliphatic rings. The van der Waals surface area contributed by atoms with Gasteiger partial charge in [-0.25, -0.2) is 9.59 Å². The number of hydrogen-bond acceptors (Lipinski definition) is 2. The molecule has 4 unspecified atom stereocenters. The summed E-state index contributed by atoms with van der Waals surface area (Å²) in [7, 11) is 0. The molecule has 1 saturated carbocycles. The number of aliphatic carboxylic acids is 2. The highest BCUT2D eigenvalue weighted by molar-refractivity contribution is 5.87. The fourth-order valence-electron chi connectivity index (χ4n) is 4.42. The molecule has 3 aliphatic carbocycles. The van der Waals surface area contributed by atoms with Crippen molar-refractivity contribution in [2.75, 3.05) is 0 Å². The van der Waals surface area contributed by atoms with Crippen molar-refractivity contribution >= 4 is 11.9 Å². The molecule has 0 saturated heterocycles. The predicted octanol–water partition coefficient (Wildman–Crippen LogP) is 3.04. The number of allylic oxidation sites excluding steroid dienone is 6. The molecule has 0 heterocycles. The lowest BCUT2D eigenvalue weighted by Gasteiger charge is -2.34. The minimum Gasteiger partial charge on any atom is -0.478 e. The van der Waals surface area contributed by atoms with E-state index in [9.17, 15) is 19.8 Å². The molecule has 4 atom stereocenters. The van der Waals surface area contributed by atoms with Crippen molar-refractivity contribution in [3.63, 3.8) is 0 Å². The molecule has 0 spiro atoms. The van der Waals surface area contributed by atoms with E-state index in [0.29, 0.717) is 17.8 Å². The van der Waals surface area contributed by atoms with Crippen LogP contribution < -0.4 is 0 Å². The maximum absolute atomic E-state index is 11.3. The normalized spacial score (nSPS) is 39.4. The summed E-state index contributed by atoms with van der Waals surface area (Å²) in [5.41, 5.74) is -0.0993. The van der Waals surface area contributed by atoms with E-state index in [0.717, 1.165) is 6.42 Å². The van der Waals surface area contributed by atoms with Crippen LogP contribution in [0.4, 0.5) is 0 Å². The Morgan fingerprint density at radius 1 is 1.00 bits per heavy atom. The van der Waals surface area contributed by atoms with Gasteiger partial charge in [-0.2, -0.15) is 0 Å². The number of carbonyl (C=O) groups is 2. The third-order valence-corrected chi connectivity index (χ3v) is 5.31. The highest BCUT2D eigenvalue weighted by Gasteiger charge is 2.54. The third kappa shape index (κ3) is 2.14. The van der Waals surface area contributed by atoms with Crippen molar-refractivity contribution in [3.8, 4) is 0 Å². The molecule has 2 N–H and O–H groups in total. The van der Waals surface area contributed by atoms with Gasteiger partial charge in [0.25, 0.3) is 0 Å². The Bertz CT molecular complexity index is 620. The average molecular weight is 300 g/mol. The fraction of sp³-hybridized carbons (Fsp3) is 0.444. The van der Waals surface area contributed by atoms with Crippen LogP contribution in [0.3, 0.4) is 0 Å². The van der Waals surface area contributed by atoms with Gasteiger partial charge in [0.1, 0.15) is 0 Å². The van der Waals surface area contributed by atoms with Crippen molar-refractivity contribution in [2.24, 2.45) is 29.1 Å². The predicted molar refractivity (Wildman–Crippen MR) is 82.1 cm³/mol. The average Bonchev–Trinajstić information content (AvgIpc) is 3.12. The molecule has 0 radical (unpaired) electrons. The Labute approximate surface area is 129 Å². The number of fused-ring (bicyclic) bond motifs is 5. The molecule has 0 aromatic rings. The van der Waals surface area contributed by atoms with Gasteiger partial charge in [0, 0.05) is 16.6 Å². The van der Waals surface area contributed by atoms with Gasteiger partial charge in [0.05, 0.1) is 0 Å². The molecule has 0 aliphatic heterocycles. The van der Waals surface area contributed by atoms with Crippen LogP contribution in [-0.2, 0) is 9.59 Å². The minimum atomic E-state index is -0.962. The first-order chi connectivity index (χ1) is 10.3. The smallest absolute Gasteiger partial charge is 0.330 e. The second-order valence-electron chi connectivity index (χ2n) is 6.68. The van der Waals surface area contributed by atoms with Crippen LogP contribution >= 0.6 is 0 Å². The Hall–Kier alpha value is -2.10. The van der Waals surface area contributed by atoms with Crippen molar-refractivity contribution < 1.29 is 19.8 Å². The first-order valence-electron chi connectivity index (χ1n) is 7.57. The second-order valence-corrected chi connectivity index (χ2v) is 6.68. The molecule has 116 valence electrons. The maximum Gasteiger partial charge on any atom is 0.330 e. The molecule has 0 aromatic heterocycles. The quantitative estimate of drug-likeness (QED) is 0.618. The van der Waals surface area contributed by atoms with Crippen LogP contribution in [0.1, 0.15) is 20.3 Å². The van der Waals surface area contributed by atoms with Gasteiger partial charge in [-0.3, -0.25) is 0 Å². The van der Waals surface area contributed by atoms with E-state index in [2.05, 4.69) is 18.2 Å². The molecule has 0 amide bonds. The SMILES string of the molecule is CC(=CC1(C=C(C)C(=O)O)C=CC2C3C=CC(C3)C21)C(=O)O. The number of carboxylic acid groups (broad SMARTS) is 2. The van der Waals surface area contributed by atoms with E-state index in [1.165, 1.54) is 0 Å². The zero-order valence-electron chi connectivity index (χ0n) is 12.7. The fourth-order valence-corrected chi connectivity index (χ4v) is 4.42. The van der Waals surface area contributed by atoms with Crippen LogP contribution in [-0.4, -0.2) is 22.2 Å². The van der Waals surface area contributed by atoms with E-state index in [1.54, 1.807) is 26.0 Å². The molecule has 4 heteroatoms. The molecule has 1 fully saturated rings. The van der Waals surface area contributed by atoms with Gasteiger partial charge in [-0.05, 0) is 43.9 Å². The van der Waals surface area contributed by atoms with Crippen LogP contribution in [0, 0.1) is 29.1 Å². The molecule has 4 nitrogen and oxygen atoms in total. The van der Waals surface area contributed by atoms with Crippen molar-refractivity contribution in [1.82, 2.24) is 0 Å². The summed E-state index contributed by atoms with van der Waals surface area (Å²) in [4.78, 5) is 22.5. The molecular weight excluding hydrogens is 280 g/mol. The molecule has 22 heavy (non-hydrogen) atoms. The summed E-state index contributed by atoms with van der Waals surface area (Å²) >= 11 is 0. The Kier molecular flexibility index (Phi) is 3.35. The van der Waals surface area contributed by atoms with E-state index in [-0.39, 0.29) is 17.1 Å². The van der Waals surface area contributed by atoms with Gasteiger partial charge < -0.3 is 10.2 Å². The minimum absolute atomic E-state index is 0.228. The first-order valence-corrected chi connectivity index (χ1v) is 7.57. The van der Waals surface area contributed by atoms with Crippen LogP contribution in [0.25, 0.3) is 0 Å². The molecule has 3 rings (SSSR count). The van der Waals surface area contributed by atoms with E-state index in [1.807, 2.05) is 6.08 Å². The summed E-state index contributed by atoms with van der Waals surface area (Å²) in [5.74, 6) is -0.421. The highest BCUT2D eigenvalue weighted by Crippen LogP contribution is 2.61. The van der Waals surface area contributed by atoms with Gasteiger partial charge in [-0.15, -0.1) is 0 Å². The number of hydrogen-bond donors (Lipinski definition) is 2. The van der Waals surface area contributed by atoms with E-state index < -0.39 is 17.4 Å². The first kappa shape index (κ1) is 14.8. The highest BCUT2D eigenvalue weighted by atomic mass is 16.4. The lowest BCUT2D eigenvalue weighted by Crippen LogP contribution is -2.30. The molecular formula is C18H20O4. The summed E-state index contributed by atoms with van der Waals surface area (Å²) in [5, 5.41) is 18.5. The van der Waals surface area contributed by atoms with Gasteiger partial charge >= 0.3 is 11.9 Å². The Morgan fingerprint density at radius 3 is 2.09 bits per heavy atom. The van der Waals surface area contributed by atoms with Crippen molar-refractivity contribution in [3.05, 3.63) is 47.6 Å². The largest absolute Gasteiger partial charge is 0.478 e. The summed E-state index contributed by atoms with van der Waals surface area (Å²) in [6.45, 7) is 3.14. The summed E-state index contributed by atoms with van der Waals surface area (Å²) < 4.78 is 0. The van der Waals surface area contributed by atoms with Crippen LogP contribution in [0.5, 0.6) is 0 Å². The Morgan fingerprint density at radius 2 is 1.55 bits per heavy atom. The third-order valence-electron chi connectivity index (χ3n) is 5.31. The topological polar surface area (TPSA) is 74.6 Å². The summed E-state index contributed by atoms with van der Waals surface area (Å²) in [6, 6.07) is 0. The molecule has 0 aromatic carbocycles. The lowest BCUT2D eigenvalue weighted by atomic mass is 9.68. The summed E-state index contributed by atoms with van der Waals surface area (Å²) in [6.07, 6.45) is 13.2. The van der Waals surface area contributed by atoms with Crippen LogP contribution in [0.2, 0.25) is 0 Å². The van der Waals surface area contributed by atoms with Crippen molar-refractivity contribution in [2.45, 2.75) is 20.3 Å². The number of rotatable bonds is 4. The zero-order valence-corrected chi connectivity index (χ0v) is 12.7. The van der Waals surface area contributed by atoms with Crippen molar-refractivity contribution in [1.29, 1.82) is 0 Å². The van der Waals surface area contributed by atoms with Gasteiger partial charge in [0.2, 0.25) is 0 Å². The van der Waals surface area contributed by atoms with E-state index >= 15 is 0 Å². The maximum atomic E-state index is 11.3. The second kappa shape index (κ2) is 4.97. The monoisotopic (exact) mass is 300 g/mol. The lowest BCUT2D eigenvalue weighted by molar-refractivity contribution is -0.133. The Balaban J connectivity index is 2.09. The zero-order chi connectivity index (χ0) is 16.1. The van der Waals surface area contributed by atoms with Gasteiger partial charge in [0.15, 0.2) is 0 Å². The van der Waals surface area contributed by atoms with Gasteiger partial charge in [-0.1, -0.05) is 36.5 Å². The standard InChI is InChI=1S/C18H20O4/c1-10(16(19)20)8-18(9-11(2)17(21)22)6-5-14-12-3-4-13(7-12)15(14)18/h3-6,8-9,12-15H,7H2,1-2H3,(H,19,20)(H,21,22). The van der Waals surface area contributed by atoms with Crippen LogP contribution in [0.15, 0.2) is 47.6 Å².